The lowest BCUT2D eigenvalue weighted by Crippen LogP contribution is -2.42. The van der Waals surface area contributed by atoms with Crippen LogP contribution >= 0.6 is 0 Å². The number of aryl methyl sites for hydroxylation is 1. The molecular weight excluding hydrogens is 540 g/mol. The first-order valence-corrected chi connectivity index (χ1v) is 12.1. The van der Waals surface area contributed by atoms with E-state index in [1.165, 1.54) is 7.11 Å². The Kier molecular flexibility index (Phi) is 10.4. The highest BCUT2D eigenvalue weighted by atomic mass is 16.5. The summed E-state index contributed by atoms with van der Waals surface area (Å²) in [4.78, 5) is 47.3. The minimum absolute atomic E-state index is 0.406. The largest absolute Gasteiger partial charge is 0.496 e. The number of carbonyl (C=O) groups is 4. The van der Waals surface area contributed by atoms with E-state index in [-0.39, 0.29) is 0 Å². The Morgan fingerprint density at radius 2 is 1.76 bits per heavy atom. The number of primary amides is 1. The summed E-state index contributed by atoms with van der Waals surface area (Å²) in [5.74, 6) is -5.18. The number of rotatable bonds is 10. The molecule has 1 aliphatic rings. The number of amides is 1. The first kappa shape index (κ1) is 32.1. The number of pyridine rings is 1. The van der Waals surface area contributed by atoms with Crippen molar-refractivity contribution in [1.29, 1.82) is 5.26 Å². The molecule has 0 fully saturated rings. The number of fused-ring (bicyclic) bond motifs is 1. The number of methoxy groups -OCH3 is 1. The fourth-order valence-corrected chi connectivity index (χ4v) is 4.28. The molecule has 7 N–H and O–H groups in total. The summed E-state index contributed by atoms with van der Waals surface area (Å²) in [6.45, 7) is 6.04. The number of hydrogen-bond donors (Lipinski definition) is 6. The van der Waals surface area contributed by atoms with Crippen molar-refractivity contribution in [2.75, 3.05) is 19.0 Å². The van der Waals surface area contributed by atoms with Gasteiger partial charge in [0.05, 0.1) is 55.4 Å². The quantitative estimate of drug-likeness (QED) is 0.239. The third-order valence-corrected chi connectivity index (χ3v) is 6.07. The highest BCUT2D eigenvalue weighted by Crippen LogP contribution is 2.48. The summed E-state index contributed by atoms with van der Waals surface area (Å²) in [5, 5.41) is 46.3. The molecule has 1 aromatic heterocycles. The van der Waals surface area contributed by atoms with Crippen LogP contribution in [0.3, 0.4) is 0 Å². The summed E-state index contributed by atoms with van der Waals surface area (Å²) in [6.07, 6.45) is -0.560. The van der Waals surface area contributed by atoms with Crippen LogP contribution < -0.4 is 20.5 Å². The molecule has 1 amide bonds. The number of carboxylic acid groups (broad SMARTS) is 3. The smallest absolute Gasteiger partial charge is 0.336 e. The Morgan fingerprint density at radius 3 is 2.22 bits per heavy atom. The van der Waals surface area contributed by atoms with Gasteiger partial charge in [0.15, 0.2) is 5.60 Å². The van der Waals surface area contributed by atoms with Crippen LogP contribution in [0.5, 0.6) is 11.6 Å². The second-order valence-corrected chi connectivity index (χ2v) is 8.98. The van der Waals surface area contributed by atoms with Gasteiger partial charge < -0.3 is 41.0 Å². The molecule has 2 aromatic rings. The number of nitrogens with one attached hydrogen (secondary N) is 1. The van der Waals surface area contributed by atoms with Crippen LogP contribution in [-0.4, -0.2) is 68.5 Å². The van der Waals surface area contributed by atoms with Crippen molar-refractivity contribution in [1.82, 2.24) is 4.98 Å². The Balaban J connectivity index is 0.000000383. The fraction of sp³-hybridized carbons (Fsp3) is 0.333. The number of ether oxygens (including phenoxy) is 2. The van der Waals surface area contributed by atoms with E-state index in [1.54, 1.807) is 24.4 Å². The third kappa shape index (κ3) is 7.28. The van der Waals surface area contributed by atoms with Gasteiger partial charge in [-0.25, -0.2) is 9.78 Å². The lowest BCUT2D eigenvalue weighted by Gasteiger charge is -2.32. The highest BCUT2D eigenvalue weighted by Gasteiger charge is 2.41. The second kappa shape index (κ2) is 13.3. The topological polar surface area (TPSA) is 242 Å². The van der Waals surface area contributed by atoms with E-state index in [1.807, 2.05) is 20.8 Å². The summed E-state index contributed by atoms with van der Waals surface area (Å²) >= 11 is 0. The average molecular weight is 571 g/mol. The standard InChI is InChI=1S/C21H22N4O3.C6H8O7/c1-5-28-21-18-17(14-7-6-13(9-22)8-15(14)27-4)16(20(23)26)12(3)25-19(18)11(2)10-24-21;7-3(8)1-6(13,5(11)12)2-4(9)10/h6-8,10,17,25H,5H2,1-4H3,(H2,23,26);13H,1-2H2,(H,7,8)(H,9,10)(H,11,12)/t17-;/m1./s1. The number of hydrogen-bond acceptors (Lipinski definition) is 10. The van der Waals surface area contributed by atoms with E-state index < -0.39 is 48.2 Å². The fourth-order valence-electron chi connectivity index (χ4n) is 4.28. The molecule has 218 valence electrons. The number of aliphatic carboxylic acids is 3. The van der Waals surface area contributed by atoms with Crippen LogP contribution in [-0.2, 0) is 19.2 Å². The van der Waals surface area contributed by atoms with Crippen molar-refractivity contribution in [2.24, 2.45) is 5.73 Å². The molecule has 0 aliphatic carbocycles. The molecule has 0 unspecified atom stereocenters. The number of benzene rings is 1. The van der Waals surface area contributed by atoms with Crippen molar-refractivity contribution >= 4 is 29.5 Å². The molecule has 0 radical (unpaired) electrons. The molecule has 14 heteroatoms. The molecule has 2 heterocycles. The van der Waals surface area contributed by atoms with Gasteiger partial charge in [0.2, 0.25) is 11.8 Å². The van der Waals surface area contributed by atoms with E-state index in [4.69, 9.17) is 35.6 Å². The van der Waals surface area contributed by atoms with E-state index >= 15 is 0 Å². The minimum atomic E-state index is -2.74. The number of carboxylic acids is 3. The summed E-state index contributed by atoms with van der Waals surface area (Å²) in [5.41, 5.74) is 7.74. The van der Waals surface area contributed by atoms with E-state index in [9.17, 15) is 24.4 Å². The molecule has 0 saturated carbocycles. The lowest BCUT2D eigenvalue weighted by atomic mass is 9.79. The Bertz CT molecular complexity index is 1430. The predicted molar refractivity (Wildman–Crippen MR) is 142 cm³/mol. The number of aromatic nitrogens is 1. The van der Waals surface area contributed by atoms with Gasteiger partial charge in [-0.2, -0.15) is 5.26 Å². The number of anilines is 1. The lowest BCUT2D eigenvalue weighted by molar-refractivity contribution is -0.170. The van der Waals surface area contributed by atoms with Gasteiger partial charge in [-0.3, -0.25) is 14.4 Å². The SMILES string of the molecule is CCOc1ncc(C)c2c1[C@H](c1ccc(C#N)cc1OC)C(C(N)=O)=C(C)N2.O=C(O)CC(O)(CC(=O)O)C(=O)O. The van der Waals surface area contributed by atoms with Crippen LogP contribution in [0.1, 0.15) is 54.9 Å². The van der Waals surface area contributed by atoms with E-state index in [0.29, 0.717) is 40.6 Å². The highest BCUT2D eigenvalue weighted by molar-refractivity contribution is 5.98. The molecule has 0 bridgehead atoms. The van der Waals surface area contributed by atoms with Gasteiger partial charge in [0.25, 0.3) is 0 Å². The van der Waals surface area contributed by atoms with Crippen LogP contribution in [0.25, 0.3) is 0 Å². The Morgan fingerprint density at radius 1 is 1.15 bits per heavy atom. The zero-order valence-electron chi connectivity index (χ0n) is 22.7. The zero-order valence-corrected chi connectivity index (χ0v) is 22.7. The molecule has 1 aromatic carbocycles. The van der Waals surface area contributed by atoms with Crippen LogP contribution in [0.15, 0.2) is 35.7 Å². The van der Waals surface area contributed by atoms with Crippen LogP contribution in [0.4, 0.5) is 5.69 Å². The average Bonchev–Trinajstić information content (AvgIpc) is 2.88. The van der Waals surface area contributed by atoms with Gasteiger partial charge in [-0.05, 0) is 38.5 Å². The molecule has 14 nitrogen and oxygen atoms in total. The van der Waals surface area contributed by atoms with Crippen molar-refractivity contribution in [3.8, 4) is 17.7 Å². The first-order chi connectivity index (χ1) is 19.2. The number of allylic oxidation sites excluding steroid dienone is 1. The first-order valence-electron chi connectivity index (χ1n) is 12.1. The van der Waals surface area contributed by atoms with Gasteiger partial charge in [0.1, 0.15) is 5.75 Å². The molecule has 0 saturated heterocycles. The van der Waals surface area contributed by atoms with Crippen molar-refractivity contribution in [3.63, 3.8) is 0 Å². The maximum atomic E-state index is 12.4. The second-order valence-electron chi connectivity index (χ2n) is 8.98. The minimum Gasteiger partial charge on any atom is -0.496 e. The normalized spacial score (nSPS) is 13.9. The van der Waals surface area contributed by atoms with E-state index in [2.05, 4.69) is 16.4 Å². The van der Waals surface area contributed by atoms with Crippen LogP contribution in [0.2, 0.25) is 0 Å². The number of aliphatic hydroxyl groups is 1. The van der Waals surface area contributed by atoms with Crippen molar-refractivity contribution < 1.29 is 49.1 Å². The molecule has 1 aliphatic heterocycles. The summed E-state index contributed by atoms with van der Waals surface area (Å²) < 4.78 is 11.3. The van der Waals surface area contributed by atoms with Crippen molar-refractivity contribution in [2.45, 2.75) is 45.1 Å². The number of nitriles is 1. The van der Waals surface area contributed by atoms with E-state index in [0.717, 1.165) is 16.8 Å². The van der Waals surface area contributed by atoms with Gasteiger partial charge in [-0.15, -0.1) is 0 Å². The zero-order chi connectivity index (χ0) is 31.1. The monoisotopic (exact) mass is 570 g/mol. The molecule has 1 atom stereocenters. The van der Waals surface area contributed by atoms with Gasteiger partial charge in [0, 0.05) is 23.0 Å². The maximum absolute atomic E-state index is 12.4. The molecule has 3 rings (SSSR count). The van der Waals surface area contributed by atoms with Crippen LogP contribution in [0, 0.1) is 18.3 Å². The van der Waals surface area contributed by atoms with Gasteiger partial charge >= 0.3 is 17.9 Å². The van der Waals surface area contributed by atoms with Gasteiger partial charge in [-0.1, -0.05) is 6.07 Å². The summed E-state index contributed by atoms with van der Waals surface area (Å²) in [7, 11) is 1.53. The number of nitrogens with two attached hydrogens (primary N) is 1. The van der Waals surface area contributed by atoms with Crippen molar-refractivity contribution in [3.05, 3.63) is 57.9 Å². The number of nitrogens with zero attached hydrogens (tertiary/aromatic N) is 2. The molecule has 41 heavy (non-hydrogen) atoms. The predicted octanol–water partition coefficient (Wildman–Crippen LogP) is 1.74. The Labute approximate surface area is 234 Å². The molecular formula is C27H30N4O10. The third-order valence-electron chi connectivity index (χ3n) is 6.07. The summed E-state index contributed by atoms with van der Waals surface area (Å²) in [6, 6.07) is 7.22. The molecule has 0 spiro atoms. The number of carbonyl (C=O) groups excluding carboxylic acids is 1. The Hall–Kier alpha value is -5.16. The maximum Gasteiger partial charge on any atom is 0.336 e.